The maximum absolute atomic E-state index is 12.6. The molecule has 146 valence electrons. The molecule has 1 N–H and O–H groups in total. The minimum Gasteiger partial charge on any atom is -0.354 e. The Bertz CT molecular complexity index is 1150. The Morgan fingerprint density at radius 3 is 2.50 bits per heavy atom. The Kier molecular flexibility index (Phi) is 4.41. The van der Waals surface area contributed by atoms with E-state index in [0.29, 0.717) is 6.54 Å². The average molecular weight is 381 g/mol. The molecule has 1 fully saturated rings. The fraction of sp³-hybridized carbons (Fsp3) is 0.400. The van der Waals surface area contributed by atoms with E-state index in [4.69, 9.17) is 0 Å². The van der Waals surface area contributed by atoms with Crippen molar-refractivity contribution in [3.05, 3.63) is 63.1 Å². The first-order valence-electron chi connectivity index (χ1n) is 9.36. The van der Waals surface area contributed by atoms with Gasteiger partial charge in [0.2, 0.25) is 5.91 Å². The number of hydrogen-bond acceptors (Lipinski definition) is 4. The molecule has 2 aromatic heterocycles. The lowest BCUT2D eigenvalue weighted by Crippen LogP contribution is -2.46. The quantitative estimate of drug-likeness (QED) is 0.703. The van der Waals surface area contributed by atoms with E-state index in [1.807, 2.05) is 18.2 Å². The number of imidazole rings is 1. The molecular formula is C20H23N5O3. The first-order chi connectivity index (χ1) is 13.4. The van der Waals surface area contributed by atoms with Gasteiger partial charge in [-0.05, 0) is 18.4 Å². The number of carbonyl (C=O) groups excluding carboxylic acids is 1. The van der Waals surface area contributed by atoms with Gasteiger partial charge in [-0.3, -0.25) is 18.7 Å². The van der Waals surface area contributed by atoms with E-state index in [1.165, 1.54) is 28.1 Å². The molecule has 0 saturated heterocycles. The van der Waals surface area contributed by atoms with Gasteiger partial charge in [0.05, 0.1) is 6.33 Å². The topological polar surface area (TPSA) is 90.9 Å². The fourth-order valence-electron chi connectivity index (χ4n) is 3.96. The lowest BCUT2D eigenvalue weighted by Gasteiger charge is -2.42. The summed E-state index contributed by atoms with van der Waals surface area (Å²) in [6, 6.07) is 10.3. The smallest absolute Gasteiger partial charge is 0.332 e. The second-order valence-corrected chi connectivity index (χ2v) is 7.53. The number of nitrogens with one attached hydrogen (secondary N) is 1. The standard InChI is InChI=1S/C20H23N5O3/c1-23-17-16(18(27)24(2)19(23)28)25(13-22-17)11-15(26)21-12-20(9-6-10-20)14-7-4-3-5-8-14/h3-5,7-8,13H,6,9-12H2,1-2H3,(H,21,26). The fourth-order valence-corrected chi connectivity index (χ4v) is 3.96. The van der Waals surface area contributed by atoms with E-state index in [0.717, 1.165) is 23.8 Å². The number of benzene rings is 1. The van der Waals surface area contributed by atoms with Crippen LogP contribution >= 0.6 is 0 Å². The lowest BCUT2D eigenvalue weighted by atomic mass is 9.64. The van der Waals surface area contributed by atoms with Crippen LogP contribution in [0.25, 0.3) is 11.2 Å². The van der Waals surface area contributed by atoms with Crippen molar-refractivity contribution >= 4 is 17.1 Å². The highest BCUT2D eigenvalue weighted by Crippen LogP contribution is 2.43. The molecule has 0 spiro atoms. The van der Waals surface area contributed by atoms with Crippen molar-refractivity contribution in [2.24, 2.45) is 14.1 Å². The zero-order valence-corrected chi connectivity index (χ0v) is 16.0. The Balaban J connectivity index is 1.54. The van der Waals surface area contributed by atoms with Crippen molar-refractivity contribution in [2.45, 2.75) is 31.2 Å². The van der Waals surface area contributed by atoms with Crippen LogP contribution < -0.4 is 16.6 Å². The Morgan fingerprint density at radius 2 is 1.86 bits per heavy atom. The van der Waals surface area contributed by atoms with Gasteiger partial charge in [0.25, 0.3) is 5.56 Å². The summed E-state index contributed by atoms with van der Waals surface area (Å²) in [6.45, 7) is 0.549. The molecule has 28 heavy (non-hydrogen) atoms. The highest BCUT2D eigenvalue weighted by molar-refractivity contribution is 5.79. The predicted octanol–water partition coefficient (Wildman–Crippen LogP) is 0.672. The Labute approximate surface area is 161 Å². The second kappa shape index (κ2) is 6.78. The van der Waals surface area contributed by atoms with Gasteiger partial charge in [0.15, 0.2) is 11.2 Å². The number of nitrogens with zero attached hydrogens (tertiary/aromatic N) is 4. The molecule has 1 amide bonds. The number of amides is 1. The van der Waals surface area contributed by atoms with Crippen LogP contribution in [0.5, 0.6) is 0 Å². The number of aryl methyl sites for hydroxylation is 1. The van der Waals surface area contributed by atoms with Gasteiger partial charge in [-0.2, -0.15) is 0 Å². The summed E-state index contributed by atoms with van der Waals surface area (Å²) < 4.78 is 3.84. The van der Waals surface area contributed by atoms with E-state index in [-0.39, 0.29) is 29.0 Å². The number of fused-ring (bicyclic) bond motifs is 1. The third kappa shape index (κ3) is 2.85. The second-order valence-electron chi connectivity index (χ2n) is 7.53. The number of rotatable bonds is 5. The Morgan fingerprint density at radius 1 is 1.14 bits per heavy atom. The van der Waals surface area contributed by atoms with Gasteiger partial charge in [0.1, 0.15) is 6.54 Å². The molecule has 4 rings (SSSR count). The highest BCUT2D eigenvalue weighted by Gasteiger charge is 2.38. The maximum Gasteiger partial charge on any atom is 0.332 e. The van der Waals surface area contributed by atoms with Crippen LogP contribution in [-0.2, 0) is 30.8 Å². The van der Waals surface area contributed by atoms with Gasteiger partial charge in [-0.15, -0.1) is 0 Å². The first-order valence-corrected chi connectivity index (χ1v) is 9.36. The summed E-state index contributed by atoms with van der Waals surface area (Å²) in [6.07, 6.45) is 4.68. The summed E-state index contributed by atoms with van der Waals surface area (Å²) in [4.78, 5) is 41.2. The first kappa shape index (κ1) is 18.2. The van der Waals surface area contributed by atoms with Gasteiger partial charge in [-0.25, -0.2) is 9.78 Å². The molecular weight excluding hydrogens is 358 g/mol. The summed E-state index contributed by atoms with van der Waals surface area (Å²) in [7, 11) is 2.98. The van der Waals surface area contributed by atoms with Gasteiger partial charge in [-0.1, -0.05) is 36.8 Å². The van der Waals surface area contributed by atoms with Gasteiger partial charge < -0.3 is 9.88 Å². The third-order valence-electron chi connectivity index (χ3n) is 5.85. The molecule has 1 aromatic carbocycles. The van der Waals surface area contributed by atoms with Crippen molar-refractivity contribution in [1.29, 1.82) is 0 Å². The number of aromatic nitrogens is 4. The van der Waals surface area contributed by atoms with Crippen LogP contribution in [0.1, 0.15) is 24.8 Å². The molecule has 1 aliphatic carbocycles. The van der Waals surface area contributed by atoms with E-state index in [9.17, 15) is 14.4 Å². The van der Waals surface area contributed by atoms with Crippen molar-refractivity contribution < 1.29 is 4.79 Å². The molecule has 1 aliphatic rings. The number of hydrogen-bond donors (Lipinski definition) is 1. The van der Waals surface area contributed by atoms with E-state index < -0.39 is 11.2 Å². The van der Waals surface area contributed by atoms with Crippen LogP contribution in [0.15, 0.2) is 46.2 Å². The van der Waals surface area contributed by atoms with E-state index >= 15 is 0 Å². The van der Waals surface area contributed by atoms with Crippen LogP contribution in [0.4, 0.5) is 0 Å². The van der Waals surface area contributed by atoms with E-state index in [1.54, 1.807) is 7.05 Å². The SMILES string of the molecule is Cn1c(=O)c2c(ncn2CC(=O)NCC2(c3ccccc3)CCC2)n(C)c1=O. The molecule has 0 atom stereocenters. The van der Waals surface area contributed by atoms with Crippen molar-refractivity contribution in [3.63, 3.8) is 0 Å². The normalized spacial score (nSPS) is 15.4. The molecule has 0 radical (unpaired) electrons. The largest absolute Gasteiger partial charge is 0.354 e. The maximum atomic E-state index is 12.6. The molecule has 0 unspecified atom stereocenters. The molecule has 0 bridgehead atoms. The molecule has 3 aromatic rings. The minimum atomic E-state index is -0.455. The Hall–Kier alpha value is -3.16. The summed E-state index contributed by atoms with van der Waals surface area (Å²) in [5.41, 5.74) is 0.874. The summed E-state index contributed by atoms with van der Waals surface area (Å²) in [5.74, 6) is -0.183. The molecule has 2 heterocycles. The van der Waals surface area contributed by atoms with E-state index in [2.05, 4.69) is 22.4 Å². The molecule has 1 saturated carbocycles. The molecule has 0 aliphatic heterocycles. The monoisotopic (exact) mass is 381 g/mol. The highest BCUT2D eigenvalue weighted by atomic mass is 16.2. The number of carbonyl (C=O) groups is 1. The average Bonchev–Trinajstić information content (AvgIpc) is 3.08. The van der Waals surface area contributed by atoms with Crippen LogP contribution in [0.2, 0.25) is 0 Å². The van der Waals surface area contributed by atoms with Crippen LogP contribution in [0, 0.1) is 0 Å². The molecule has 8 nitrogen and oxygen atoms in total. The van der Waals surface area contributed by atoms with Crippen molar-refractivity contribution in [1.82, 2.24) is 24.0 Å². The lowest BCUT2D eigenvalue weighted by molar-refractivity contribution is -0.122. The zero-order valence-electron chi connectivity index (χ0n) is 16.0. The summed E-state index contributed by atoms with van der Waals surface area (Å²) >= 11 is 0. The van der Waals surface area contributed by atoms with Gasteiger partial charge >= 0.3 is 5.69 Å². The van der Waals surface area contributed by atoms with Crippen LogP contribution in [-0.4, -0.2) is 31.1 Å². The van der Waals surface area contributed by atoms with Gasteiger partial charge in [0, 0.05) is 26.1 Å². The van der Waals surface area contributed by atoms with Crippen molar-refractivity contribution in [2.75, 3.05) is 6.54 Å². The zero-order chi connectivity index (χ0) is 19.9. The van der Waals surface area contributed by atoms with Crippen LogP contribution in [0.3, 0.4) is 0 Å². The third-order valence-corrected chi connectivity index (χ3v) is 5.85. The van der Waals surface area contributed by atoms with Crippen molar-refractivity contribution in [3.8, 4) is 0 Å². The predicted molar refractivity (Wildman–Crippen MR) is 105 cm³/mol. The molecule has 8 heteroatoms. The summed E-state index contributed by atoms with van der Waals surface area (Å²) in [5, 5.41) is 3.02. The minimum absolute atomic E-state index is 0.00599.